The number of allylic oxidation sites excluding steroid dienone is 1. The molecule has 0 radical (unpaired) electrons. The van der Waals surface area contributed by atoms with Gasteiger partial charge in [0, 0.05) is 53.8 Å². The van der Waals surface area contributed by atoms with Gasteiger partial charge in [-0.05, 0) is 95.0 Å². The maximum absolute atomic E-state index is 14.0. The highest BCUT2D eigenvalue weighted by Gasteiger charge is 2.31. The standard InChI is InChI=1S/C33H46N4O2/c1-23(2)35-21-29(20-34)28-11-8-12-30(19-28)37(33(38)27-9-6-5-7-10-27)22-25-13-15-26(16-14-25)31-17-18-32(39-4)24(3)36-31/h8,11-12,17-21,23,25-27,34-35H,5-7,9-10,13-16,22H2,1-4H3/b29-21+,34-20?. The van der Waals surface area contributed by atoms with Crippen LogP contribution in [0.5, 0.6) is 5.75 Å². The normalized spacial score (nSPS) is 20.5. The highest BCUT2D eigenvalue weighted by molar-refractivity contribution is 6.08. The predicted octanol–water partition coefficient (Wildman–Crippen LogP) is 7.27. The van der Waals surface area contributed by atoms with E-state index in [1.165, 1.54) is 12.6 Å². The Balaban J connectivity index is 1.52. The molecule has 6 nitrogen and oxygen atoms in total. The number of hydrogen-bond donors (Lipinski definition) is 2. The van der Waals surface area contributed by atoms with Crippen molar-refractivity contribution in [3.05, 3.63) is 59.5 Å². The van der Waals surface area contributed by atoms with Crippen molar-refractivity contribution in [3.8, 4) is 5.75 Å². The highest BCUT2D eigenvalue weighted by Crippen LogP contribution is 2.38. The molecular formula is C33H46N4O2. The molecule has 2 aliphatic rings. The first-order valence-electron chi connectivity index (χ1n) is 14.8. The molecular weight excluding hydrogens is 484 g/mol. The van der Waals surface area contributed by atoms with Gasteiger partial charge in [0.15, 0.2) is 0 Å². The molecule has 0 aliphatic heterocycles. The number of carbonyl (C=O) groups is 1. The van der Waals surface area contributed by atoms with Crippen molar-refractivity contribution in [2.45, 2.75) is 90.5 Å². The fourth-order valence-corrected chi connectivity index (χ4v) is 6.12. The SMILES string of the molecule is COc1ccc(C2CCC(CN(C(=O)C3CCCCC3)c3cccc(/C(C=N)=C/NC(C)C)c3)CC2)nc1C. The molecule has 6 heteroatoms. The number of pyridine rings is 1. The lowest BCUT2D eigenvalue weighted by molar-refractivity contribution is -0.123. The average molecular weight is 531 g/mol. The fourth-order valence-electron chi connectivity index (χ4n) is 6.12. The first kappa shape index (κ1) is 28.8. The molecule has 0 bridgehead atoms. The molecule has 0 spiro atoms. The van der Waals surface area contributed by atoms with Gasteiger partial charge in [-0.1, -0.05) is 31.4 Å². The molecule has 4 rings (SSSR count). The number of anilines is 1. The Morgan fingerprint density at radius 3 is 2.49 bits per heavy atom. The molecule has 2 aliphatic carbocycles. The number of carbonyl (C=O) groups excluding carboxylic acids is 1. The third-order valence-corrected chi connectivity index (χ3v) is 8.42. The van der Waals surface area contributed by atoms with Gasteiger partial charge in [0.05, 0.1) is 12.8 Å². The molecule has 1 amide bonds. The van der Waals surface area contributed by atoms with Crippen LogP contribution in [0.2, 0.25) is 0 Å². The fraction of sp³-hybridized carbons (Fsp3) is 0.545. The Morgan fingerprint density at radius 2 is 1.85 bits per heavy atom. The van der Waals surface area contributed by atoms with Gasteiger partial charge in [0.25, 0.3) is 0 Å². The number of nitrogens with zero attached hydrogens (tertiary/aromatic N) is 2. The monoisotopic (exact) mass is 530 g/mol. The average Bonchev–Trinajstić information content (AvgIpc) is 2.96. The highest BCUT2D eigenvalue weighted by atomic mass is 16.5. The molecule has 1 aromatic heterocycles. The van der Waals surface area contributed by atoms with E-state index in [1.54, 1.807) is 7.11 Å². The van der Waals surface area contributed by atoms with Crippen molar-refractivity contribution >= 4 is 23.4 Å². The lowest BCUT2D eigenvalue weighted by Gasteiger charge is -2.35. The topological polar surface area (TPSA) is 78.3 Å². The van der Waals surface area contributed by atoms with Crippen LogP contribution in [-0.2, 0) is 4.79 Å². The Hall–Kier alpha value is -3.15. The molecule has 210 valence electrons. The van der Waals surface area contributed by atoms with Crippen LogP contribution in [0.15, 0.2) is 42.6 Å². The van der Waals surface area contributed by atoms with E-state index >= 15 is 0 Å². The third-order valence-electron chi connectivity index (χ3n) is 8.42. The lowest BCUT2D eigenvalue weighted by atomic mass is 9.79. The number of nitrogens with one attached hydrogen (secondary N) is 2. The summed E-state index contributed by atoms with van der Waals surface area (Å²) in [5, 5.41) is 11.3. The Kier molecular flexibility index (Phi) is 10.2. The molecule has 2 saturated carbocycles. The van der Waals surface area contributed by atoms with E-state index in [-0.39, 0.29) is 11.8 Å². The number of aromatic nitrogens is 1. The van der Waals surface area contributed by atoms with Crippen molar-refractivity contribution < 1.29 is 9.53 Å². The predicted molar refractivity (Wildman–Crippen MR) is 161 cm³/mol. The maximum atomic E-state index is 14.0. The van der Waals surface area contributed by atoms with Crippen LogP contribution in [0.25, 0.3) is 5.57 Å². The largest absolute Gasteiger partial charge is 0.495 e. The van der Waals surface area contributed by atoms with Crippen molar-refractivity contribution in [3.63, 3.8) is 0 Å². The van der Waals surface area contributed by atoms with Gasteiger partial charge in [-0.25, -0.2) is 0 Å². The number of hydrogen-bond acceptors (Lipinski definition) is 5. The third kappa shape index (κ3) is 7.49. The van der Waals surface area contributed by atoms with E-state index in [4.69, 9.17) is 15.1 Å². The summed E-state index contributed by atoms with van der Waals surface area (Å²) >= 11 is 0. The molecule has 2 aromatic rings. The summed E-state index contributed by atoms with van der Waals surface area (Å²) < 4.78 is 5.40. The summed E-state index contributed by atoms with van der Waals surface area (Å²) in [6, 6.07) is 12.7. The van der Waals surface area contributed by atoms with Crippen LogP contribution in [0, 0.1) is 24.2 Å². The van der Waals surface area contributed by atoms with Crippen LogP contribution in [0.4, 0.5) is 5.69 Å². The number of rotatable bonds is 10. The summed E-state index contributed by atoms with van der Waals surface area (Å²) in [6.07, 6.45) is 13.2. The first-order valence-corrected chi connectivity index (χ1v) is 14.8. The Bertz CT molecular complexity index is 1140. The minimum atomic E-state index is 0.116. The van der Waals surface area contributed by atoms with Crippen molar-refractivity contribution in [1.82, 2.24) is 10.3 Å². The van der Waals surface area contributed by atoms with Crippen LogP contribution in [-0.4, -0.2) is 36.8 Å². The van der Waals surface area contributed by atoms with Gasteiger partial charge < -0.3 is 20.4 Å². The molecule has 0 saturated heterocycles. The number of amides is 1. The zero-order valence-electron chi connectivity index (χ0n) is 24.2. The second kappa shape index (κ2) is 13.8. The van der Waals surface area contributed by atoms with Gasteiger partial charge in [-0.3, -0.25) is 9.78 Å². The summed E-state index contributed by atoms with van der Waals surface area (Å²) in [5.74, 6) is 2.17. The Morgan fingerprint density at radius 1 is 1.10 bits per heavy atom. The molecule has 0 unspecified atom stereocenters. The number of benzene rings is 1. The Labute approximate surface area is 234 Å². The van der Waals surface area contributed by atoms with Gasteiger partial charge in [0.1, 0.15) is 5.75 Å². The molecule has 0 atom stereocenters. The van der Waals surface area contributed by atoms with Crippen molar-refractivity contribution in [2.24, 2.45) is 11.8 Å². The summed E-state index contributed by atoms with van der Waals surface area (Å²) in [7, 11) is 1.69. The smallest absolute Gasteiger partial charge is 0.230 e. The van der Waals surface area contributed by atoms with Crippen LogP contribution in [0.1, 0.15) is 94.5 Å². The van der Waals surface area contributed by atoms with Gasteiger partial charge >= 0.3 is 0 Å². The van der Waals surface area contributed by atoms with Crippen LogP contribution >= 0.6 is 0 Å². The van der Waals surface area contributed by atoms with E-state index < -0.39 is 0 Å². The van der Waals surface area contributed by atoms with Crippen LogP contribution < -0.4 is 15.0 Å². The van der Waals surface area contributed by atoms with E-state index in [0.29, 0.717) is 17.9 Å². The second-order valence-corrected chi connectivity index (χ2v) is 11.6. The van der Waals surface area contributed by atoms with Crippen molar-refractivity contribution in [2.75, 3.05) is 18.6 Å². The van der Waals surface area contributed by atoms with Gasteiger partial charge in [-0.2, -0.15) is 0 Å². The zero-order valence-corrected chi connectivity index (χ0v) is 24.2. The minimum absolute atomic E-state index is 0.116. The van der Waals surface area contributed by atoms with E-state index in [0.717, 1.165) is 91.9 Å². The molecule has 2 fully saturated rings. The molecule has 39 heavy (non-hydrogen) atoms. The van der Waals surface area contributed by atoms with Crippen molar-refractivity contribution in [1.29, 1.82) is 5.41 Å². The summed E-state index contributed by atoms with van der Waals surface area (Å²) in [5.41, 5.74) is 4.84. The number of aryl methyl sites for hydroxylation is 1. The lowest BCUT2D eigenvalue weighted by Crippen LogP contribution is -2.41. The summed E-state index contributed by atoms with van der Waals surface area (Å²) in [4.78, 5) is 20.9. The molecule has 1 aromatic carbocycles. The number of methoxy groups -OCH3 is 1. The van der Waals surface area contributed by atoms with Gasteiger partial charge in [0.2, 0.25) is 5.91 Å². The maximum Gasteiger partial charge on any atom is 0.230 e. The summed E-state index contributed by atoms with van der Waals surface area (Å²) in [6.45, 7) is 6.93. The zero-order chi connectivity index (χ0) is 27.8. The van der Waals surface area contributed by atoms with Crippen LogP contribution in [0.3, 0.4) is 0 Å². The van der Waals surface area contributed by atoms with E-state index in [1.807, 2.05) is 31.3 Å². The minimum Gasteiger partial charge on any atom is -0.495 e. The van der Waals surface area contributed by atoms with Gasteiger partial charge in [-0.15, -0.1) is 0 Å². The molecule has 2 N–H and O–H groups in total. The quantitative estimate of drug-likeness (QED) is 0.317. The van der Waals surface area contributed by atoms with E-state index in [2.05, 4.69) is 42.3 Å². The first-order chi connectivity index (χ1) is 18.9. The molecule has 1 heterocycles. The second-order valence-electron chi connectivity index (χ2n) is 11.6. The number of ether oxygens (including phenoxy) is 1. The van der Waals surface area contributed by atoms with E-state index in [9.17, 15) is 4.79 Å².